The van der Waals surface area contributed by atoms with Crippen molar-refractivity contribution in [1.82, 2.24) is 0 Å². The molecule has 0 amide bonds. The van der Waals surface area contributed by atoms with Gasteiger partial charge in [-0.1, -0.05) is 0 Å². The van der Waals surface area contributed by atoms with E-state index >= 15 is 0 Å². The number of phenolic OH excluding ortho intramolecular Hbond substituents is 1. The monoisotopic (exact) mass is 267 g/mol. The summed E-state index contributed by atoms with van der Waals surface area (Å²) in [5, 5.41) is 17.8. The molecule has 6 nitrogen and oxygen atoms in total. The van der Waals surface area contributed by atoms with Gasteiger partial charge in [0.25, 0.3) is 10.0 Å². The fourth-order valence-electron chi connectivity index (χ4n) is 0.949. The van der Waals surface area contributed by atoms with E-state index in [1.807, 2.05) is 0 Å². The molecule has 1 aromatic carbocycles. The number of carboxylic acids is 1. The Morgan fingerprint density at radius 3 is 2.35 bits per heavy atom. The molecule has 9 heteroatoms. The van der Waals surface area contributed by atoms with Gasteiger partial charge >= 0.3 is 11.7 Å². The maximum Gasteiger partial charge on any atom is 0.355 e. The van der Waals surface area contributed by atoms with Gasteiger partial charge in [0.2, 0.25) is 0 Å². The number of carbonyl (C=O) groups is 1. The summed E-state index contributed by atoms with van der Waals surface area (Å²) in [5.74, 6) is -5.75. The number of aromatic carboxylic acids is 1. The molecule has 3 N–H and O–H groups in total. The summed E-state index contributed by atoms with van der Waals surface area (Å²) in [6.45, 7) is 0. The second kappa shape index (κ2) is 4.53. The fraction of sp³-hybridized carbons (Fsp3) is 0.125. The molecule has 0 aliphatic heterocycles. The largest absolute Gasteiger partial charge is 0.506 e. The van der Waals surface area contributed by atoms with Crippen LogP contribution in [0.3, 0.4) is 0 Å². The van der Waals surface area contributed by atoms with Crippen LogP contribution >= 0.6 is 0 Å². The zero-order valence-electron chi connectivity index (χ0n) is 8.09. The van der Waals surface area contributed by atoms with Crippen molar-refractivity contribution < 1.29 is 32.2 Å². The third-order valence-corrected chi connectivity index (χ3v) is 2.71. The first-order chi connectivity index (χ1) is 7.74. The third kappa shape index (κ3) is 3.03. The van der Waals surface area contributed by atoms with Crippen LogP contribution in [0.15, 0.2) is 18.2 Å². The van der Waals surface area contributed by atoms with E-state index in [0.29, 0.717) is 0 Å². The fourth-order valence-corrected chi connectivity index (χ4v) is 1.52. The molecule has 94 valence electrons. The zero-order chi connectivity index (χ0) is 13.2. The maximum atomic E-state index is 12.0. The van der Waals surface area contributed by atoms with Gasteiger partial charge in [0.05, 0.1) is 11.3 Å². The van der Waals surface area contributed by atoms with Crippen LogP contribution in [0.4, 0.5) is 14.5 Å². The van der Waals surface area contributed by atoms with Gasteiger partial charge in [-0.15, -0.1) is 0 Å². The Bertz CT molecular complexity index is 543. The highest BCUT2D eigenvalue weighted by atomic mass is 32.2. The van der Waals surface area contributed by atoms with Gasteiger partial charge in [-0.25, -0.2) is 13.2 Å². The van der Waals surface area contributed by atoms with Crippen LogP contribution in [-0.2, 0) is 10.0 Å². The number of carboxylic acid groups (broad SMARTS) is 1. The summed E-state index contributed by atoms with van der Waals surface area (Å²) in [6, 6.07) is 2.58. The lowest BCUT2D eigenvalue weighted by Crippen LogP contribution is -2.20. The number of benzene rings is 1. The molecule has 0 unspecified atom stereocenters. The van der Waals surface area contributed by atoms with E-state index in [4.69, 9.17) is 5.11 Å². The van der Waals surface area contributed by atoms with Crippen LogP contribution in [-0.4, -0.2) is 30.4 Å². The SMILES string of the molecule is O=C(O)c1ccc(NS(=O)(=O)C(F)F)c(O)c1. The van der Waals surface area contributed by atoms with Crippen molar-refractivity contribution >= 4 is 21.7 Å². The van der Waals surface area contributed by atoms with E-state index in [2.05, 4.69) is 0 Å². The average molecular weight is 267 g/mol. The van der Waals surface area contributed by atoms with E-state index < -0.39 is 33.2 Å². The third-order valence-electron chi connectivity index (χ3n) is 1.73. The molecule has 0 aromatic heterocycles. The number of sulfonamides is 1. The Labute approximate surface area is 94.6 Å². The number of nitrogens with one attached hydrogen (secondary N) is 1. The van der Waals surface area contributed by atoms with Crippen molar-refractivity contribution in [2.24, 2.45) is 0 Å². The zero-order valence-corrected chi connectivity index (χ0v) is 8.91. The Balaban J connectivity index is 3.06. The smallest absolute Gasteiger partial charge is 0.355 e. The first-order valence-electron chi connectivity index (χ1n) is 4.10. The molecule has 1 aromatic rings. The molecule has 0 aliphatic carbocycles. The minimum Gasteiger partial charge on any atom is -0.506 e. The van der Waals surface area contributed by atoms with Gasteiger partial charge in [0, 0.05) is 0 Å². The minimum absolute atomic E-state index is 0.303. The quantitative estimate of drug-likeness (QED) is 0.707. The molecular formula is C8H7F2NO5S. The second-order valence-corrected chi connectivity index (χ2v) is 4.60. The highest BCUT2D eigenvalue weighted by Crippen LogP contribution is 2.26. The van der Waals surface area contributed by atoms with Gasteiger partial charge in [-0.3, -0.25) is 4.72 Å². The molecule has 0 fully saturated rings. The number of hydrogen-bond acceptors (Lipinski definition) is 4. The first kappa shape index (κ1) is 13.2. The van der Waals surface area contributed by atoms with Crippen LogP contribution in [0.5, 0.6) is 5.75 Å². The van der Waals surface area contributed by atoms with Crippen LogP contribution < -0.4 is 4.72 Å². The van der Waals surface area contributed by atoms with Crippen molar-refractivity contribution in [1.29, 1.82) is 0 Å². The number of rotatable bonds is 4. The van der Waals surface area contributed by atoms with Crippen LogP contribution in [0.2, 0.25) is 0 Å². The summed E-state index contributed by atoms with van der Waals surface area (Å²) in [5.41, 5.74) is -0.821. The lowest BCUT2D eigenvalue weighted by molar-refractivity contribution is 0.0696. The van der Waals surface area contributed by atoms with Crippen LogP contribution in [0.1, 0.15) is 10.4 Å². The predicted octanol–water partition coefficient (Wildman–Crippen LogP) is 1.05. The van der Waals surface area contributed by atoms with Crippen molar-refractivity contribution in [3.05, 3.63) is 23.8 Å². The van der Waals surface area contributed by atoms with Crippen molar-refractivity contribution in [2.75, 3.05) is 4.72 Å². The Morgan fingerprint density at radius 2 is 1.94 bits per heavy atom. The molecular weight excluding hydrogens is 260 g/mol. The molecule has 0 radical (unpaired) electrons. The van der Waals surface area contributed by atoms with Gasteiger partial charge in [-0.05, 0) is 18.2 Å². The maximum absolute atomic E-state index is 12.0. The molecule has 0 saturated carbocycles. The van der Waals surface area contributed by atoms with E-state index in [0.717, 1.165) is 18.2 Å². The number of alkyl halides is 2. The molecule has 17 heavy (non-hydrogen) atoms. The van der Waals surface area contributed by atoms with E-state index in [9.17, 15) is 27.1 Å². The van der Waals surface area contributed by atoms with Crippen LogP contribution in [0, 0.1) is 0 Å². The lowest BCUT2D eigenvalue weighted by Gasteiger charge is -2.08. The molecule has 1 rings (SSSR count). The van der Waals surface area contributed by atoms with E-state index in [1.165, 1.54) is 4.72 Å². The first-order valence-corrected chi connectivity index (χ1v) is 5.65. The summed E-state index contributed by atoms with van der Waals surface area (Å²) in [4.78, 5) is 10.5. The molecule has 0 heterocycles. The molecule has 0 aliphatic rings. The van der Waals surface area contributed by atoms with Gasteiger partial charge in [-0.2, -0.15) is 8.78 Å². The van der Waals surface area contributed by atoms with E-state index in [1.54, 1.807) is 0 Å². The molecule has 0 atom stereocenters. The minimum atomic E-state index is -4.90. The molecule has 0 bridgehead atoms. The van der Waals surface area contributed by atoms with Gasteiger partial charge in [0.1, 0.15) is 5.75 Å². The Kier molecular flexibility index (Phi) is 3.51. The highest BCUT2D eigenvalue weighted by Gasteiger charge is 2.25. The Morgan fingerprint density at radius 1 is 1.35 bits per heavy atom. The van der Waals surface area contributed by atoms with Crippen molar-refractivity contribution in [3.8, 4) is 5.75 Å². The molecule has 0 saturated heterocycles. The van der Waals surface area contributed by atoms with Crippen molar-refractivity contribution in [2.45, 2.75) is 5.76 Å². The average Bonchev–Trinajstić information content (AvgIpc) is 2.20. The summed E-state index contributed by atoms with van der Waals surface area (Å²) in [6.07, 6.45) is 0. The number of halogens is 2. The number of aromatic hydroxyl groups is 1. The highest BCUT2D eigenvalue weighted by molar-refractivity contribution is 7.93. The summed E-state index contributed by atoms with van der Waals surface area (Å²) in [7, 11) is -4.90. The number of phenols is 1. The van der Waals surface area contributed by atoms with Crippen LogP contribution in [0.25, 0.3) is 0 Å². The van der Waals surface area contributed by atoms with Crippen molar-refractivity contribution in [3.63, 3.8) is 0 Å². The Hall–Kier alpha value is -1.90. The van der Waals surface area contributed by atoms with E-state index in [-0.39, 0.29) is 5.56 Å². The summed E-state index contributed by atoms with van der Waals surface area (Å²) < 4.78 is 47.0. The topological polar surface area (TPSA) is 104 Å². The summed E-state index contributed by atoms with van der Waals surface area (Å²) >= 11 is 0. The lowest BCUT2D eigenvalue weighted by atomic mass is 10.2. The molecule has 0 spiro atoms. The van der Waals surface area contributed by atoms with Gasteiger partial charge in [0.15, 0.2) is 0 Å². The normalized spacial score (nSPS) is 11.5. The van der Waals surface area contributed by atoms with Gasteiger partial charge < -0.3 is 10.2 Å². The number of anilines is 1. The standard InChI is InChI=1S/C8H7F2NO5S/c9-8(10)17(15,16)11-5-2-1-4(7(13)14)3-6(5)12/h1-3,8,11-12H,(H,13,14). The number of hydrogen-bond donors (Lipinski definition) is 3. The predicted molar refractivity (Wildman–Crippen MR) is 53.6 cm³/mol. The second-order valence-electron chi connectivity index (χ2n) is 2.94.